The highest BCUT2D eigenvalue weighted by atomic mass is 79.9. The maximum absolute atomic E-state index is 14.2. The number of aromatic nitrogens is 1. The molecule has 1 atom stereocenters. The molecule has 0 amide bonds. The third-order valence-electron chi connectivity index (χ3n) is 6.95. The molecule has 0 aliphatic carbocycles. The van der Waals surface area contributed by atoms with Crippen molar-refractivity contribution in [2.75, 3.05) is 13.7 Å². The molecule has 1 aliphatic heterocycles. The van der Waals surface area contributed by atoms with E-state index in [2.05, 4.69) is 20.9 Å². The number of para-hydroxylation sites is 1. The number of ether oxygens (including phenoxy) is 4. The van der Waals surface area contributed by atoms with Gasteiger partial charge in [0.2, 0.25) is 0 Å². The van der Waals surface area contributed by atoms with Crippen LogP contribution in [-0.4, -0.2) is 30.4 Å². The molecule has 3 aromatic carbocycles. The third kappa shape index (κ3) is 6.89. The summed E-state index contributed by atoms with van der Waals surface area (Å²) in [6, 6.07) is 16.2. The minimum atomic E-state index is -0.811. The van der Waals surface area contributed by atoms with Crippen LogP contribution in [0.25, 0.3) is 6.08 Å². The molecule has 0 bridgehead atoms. The summed E-state index contributed by atoms with van der Waals surface area (Å²) in [7, 11) is 1.52. The van der Waals surface area contributed by atoms with E-state index in [1.165, 1.54) is 35.1 Å². The number of nitrogens with zero attached hydrogens (tertiary/aromatic N) is 2. The number of thiazole rings is 1. The molecule has 0 N–H and O–H groups in total. The quantitative estimate of drug-likeness (QED) is 0.187. The molecule has 8 nitrogen and oxygen atoms in total. The highest BCUT2D eigenvalue weighted by Crippen LogP contribution is 2.37. The average Bonchev–Trinajstić information content (AvgIpc) is 3.30. The Balaban J connectivity index is 1.61. The van der Waals surface area contributed by atoms with Gasteiger partial charge in [-0.05, 0) is 75.2 Å². The lowest BCUT2D eigenvalue weighted by atomic mass is 9.95. The van der Waals surface area contributed by atoms with Gasteiger partial charge in [0.05, 0.1) is 35.6 Å². The van der Waals surface area contributed by atoms with E-state index in [1.54, 1.807) is 44.2 Å². The smallest absolute Gasteiger partial charge is 0.338 e. The summed E-state index contributed by atoms with van der Waals surface area (Å²) in [5, 5.41) is 0. The van der Waals surface area contributed by atoms with Crippen LogP contribution in [-0.2, 0) is 16.1 Å². The molecule has 45 heavy (non-hydrogen) atoms. The van der Waals surface area contributed by atoms with Gasteiger partial charge in [-0.1, -0.05) is 57.6 Å². The summed E-state index contributed by atoms with van der Waals surface area (Å²) in [6.07, 6.45) is 1.61. The van der Waals surface area contributed by atoms with Crippen LogP contribution in [0.4, 0.5) is 4.39 Å². The van der Waals surface area contributed by atoms with Crippen LogP contribution in [0.5, 0.6) is 17.2 Å². The molecule has 0 unspecified atom stereocenters. The first-order chi connectivity index (χ1) is 21.6. The van der Waals surface area contributed by atoms with Gasteiger partial charge in [0.25, 0.3) is 5.56 Å². The van der Waals surface area contributed by atoms with E-state index in [0.717, 1.165) is 0 Å². The first kappa shape index (κ1) is 32.2. The normalized spacial score (nSPS) is 14.7. The van der Waals surface area contributed by atoms with Gasteiger partial charge < -0.3 is 18.9 Å². The van der Waals surface area contributed by atoms with Gasteiger partial charge in [0, 0.05) is 10.0 Å². The van der Waals surface area contributed by atoms with Crippen LogP contribution >= 0.6 is 27.3 Å². The number of methoxy groups -OCH3 is 1. The minimum absolute atomic E-state index is 0.133. The molecular formula is C34H32BrFN2O6S. The fourth-order valence-corrected chi connectivity index (χ4v) is 6.49. The van der Waals surface area contributed by atoms with Crippen LogP contribution in [0.2, 0.25) is 0 Å². The highest BCUT2D eigenvalue weighted by molar-refractivity contribution is 9.10. The Morgan fingerprint density at radius 2 is 1.89 bits per heavy atom. The van der Waals surface area contributed by atoms with Crippen LogP contribution in [0.3, 0.4) is 0 Å². The fourth-order valence-electron chi connectivity index (χ4n) is 5.02. The number of fused-ring (bicyclic) bond motifs is 1. The molecule has 234 valence electrons. The van der Waals surface area contributed by atoms with Gasteiger partial charge in [-0.2, -0.15) is 0 Å². The van der Waals surface area contributed by atoms with E-state index in [1.807, 2.05) is 38.1 Å². The standard InChI is InChI=1S/C34H32BrFN2O6S/c1-6-42-33(40)30-20(4)37-34-38(31(30)24-12-7-8-13-26(24)44-19(2)3)32(39)29(45-34)16-22-15-27(41-5)28(17-25(22)35)43-18-21-10-9-11-23(36)14-21/h7-17,19,31H,6,18H2,1-5H3/b29-16+/t31-/m0/s1. The van der Waals surface area contributed by atoms with Gasteiger partial charge in [-0.15, -0.1) is 0 Å². The number of halogens is 2. The molecule has 11 heteroatoms. The van der Waals surface area contributed by atoms with Crippen molar-refractivity contribution in [1.29, 1.82) is 0 Å². The Labute approximate surface area is 272 Å². The average molecular weight is 696 g/mol. The maximum atomic E-state index is 14.2. The van der Waals surface area contributed by atoms with Crippen LogP contribution in [0.1, 0.15) is 50.4 Å². The first-order valence-electron chi connectivity index (χ1n) is 14.3. The summed E-state index contributed by atoms with van der Waals surface area (Å²) < 4.78 is 39.3. The van der Waals surface area contributed by atoms with Gasteiger partial charge in [0.15, 0.2) is 16.3 Å². The summed E-state index contributed by atoms with van der Waals surface area (Å²) >= 11 is 4.81. The number of benzene rings is 3. The minimum Gasteiger partial charge on any atom is -0.493 e. The van der Waals surface area contributed by atoms with Crippen molar-refractivity contribution in [3.8, 4) is 17.2 Å². The molecular weight excluding hydrogens is 663 g/mol. The van der Waals surface area contributed by atoms with E-state index in [0.29, 0.717) is 53.4 Å². The SMILES string of the molecule is CCOC(=O)C1=C(C)N=c2s/c(=C/c3cc(OC)c(OCc4cccc(F)c4)cc3Br)c(=O)n2[C@H]1c1ccccc1OC(C)C. The Kier molecular flexibility index (Phi) is 9.89. The molecule has 4 aromatic rings. The monoisotopic (exact) mass is 694 g/mol. The van der Waals surface area contributed by atoms with Crippen molar-refractivity contribution in [2.24, 2.45) is 4.99 Å². The molecule has 2 heterocycles. The highest BCUT2D eigenvalue weighted by Gasteiger charge is 2.35. The van der Waals surface area contributed by atoms with Gasteiger partial charge >= 0.3 is 5.97 Å². The predicted molar refractivity (Wildman–Crippen MR) is 174 cm³/mol. The van der Waals surface area contributed by atoms with E-state index in [-0.39, 0.29) is 36.3 Å². The Hall–Kier alpha value is -4.22. The number of hydrogen-bond donors (Lipinski definition) is 0. The summed E-state index contributed by atoms with van der Waals surface area (Å²) in [6.45, 7) is 7.63. The number of allylic oxidation sites excluding steroid dienone is 1. The lowest BCUT2D eigenvalue weighted by Crippen LogP contribution is -2.40. The second kappa shape index (κ2) is 13.8. The largest absolute Gasteiger partial charge is 0.493 e. The predicted octanol–water partition coefficient (Wildman–Crippen LogP) is 6.07. The molecule has 1 aromatic heterocycles. The zero-order chi connectivity index (χ0) is 32.2. The molecule has 0 spiro atoms. The second-order valence-electron chi connectivity index (χ2n) is 10.4. The maximum Gasteiger partial charge on any atom is 0.338 e. The second-order valence-corrected chi connectivity index (χ2v) is 12.3. The Morgan fingerprint density at radius 1 is 1.11 bits per heavy atom. The van der Waals surface area contributed by atoms with Crippen molar-refractivity contribution >= 4 is 39.3 Å². The van der Waals surface area contributed by atoms with Crippen LogP contribution in [0, 0.1) is 5.82 Å². The van der Waals surface area contributed by atoms with Crippen molar-refractivity contribution in [2.45, 2.75) is 46.4 Å². The van der Waals surface area contributed by atoms with Gasteiger partial charge in [-0.25, -0.2) is 14.2 Å². The van der Waals surface area contributed by atoms with E-state index in [4.69, 9.17) is 18.9 Å². The number of hydrogen-bond acceptors (Lipinski definition) is 8. The molecule has 0 saturated carbocycles. The van der Waals surface area contributed by atoms with Crippen molar-refractivity contribution in [3.63, 3.8) is 0 Å². The molecule has 0 radical (unpaired) electrons. The molecule has 0 fully saturated rings. The van der Waals surface area contributed by atoms with Crippen LogP contribution in [0.15, 0.2) is 86.2 Å². The summed E-state index contributed by atoms with van der Waals surface area (Å²) in [5.41, 5.74) is 2.41. The molecule has 0 saturated heterocycles. The molecule has 5 rings (SSSR count). The number of carbonyl (C=O) groups is 1. The third-order valence-corrected chi connectivity index (χ3v) is 8.62. The summed E-state index contributed by atoms with van der Waals surface area (Å²) in [4.78, 5) is 32.6. The fraction of sp³-hybridized carbons (Fsp3) is 0.265. The van der Waals surface area contributed by atoms with E-state index >= 15 is 0 Å². The number of carbonyl (C=O) groups excluding carboxylic acids is 1. The van der Waals surface area contributed by atoms with Crippen molar-refractivity contribution < 1.29 is 28.1 Å². The zero-order valence-electron chi connectivity index (χ0n) is 25.4. The number of esters is 1. The Morgan fingerprint density at radius 3 is 2.60 bits per heavy atom. The lowest BCUT2D eigenvalue weighted by Gasteiger charge is -2.26. The zero-order valence-corrected chi connectivity index (χ0v) is 27.8. The molecule has 1 aliphatic rings. The number of rotatable bonds is 10. The topological polar surface area (TPSA) is 88.4 Å². The van der Waals surface area contributed by atoms with Crippen molar-refractivity contribution in [1.82, 2.24) is 4.57 Å². The van der Waals surface area contributed by atoms with Gasteiger partial charge in [-0.3, -0.25) is 9.36 Å². The van der Waals surface area contributed by atoms with Crippen LogP contribution < -0.4 is 29.1 Å². The van der Waals surface area contributed by atoms with Gasteiger partial charge in [0.1, 0.15) is 24.2 Å². The van der Waals surface area contributed by atoms with E-state index < -0.39 is 12.0 Å². The summed E-state index contributed by atoms with van der Waals surface area (Å²) in [5.74, 6) is 0.558. The van der Waals surface area contributed by atoms with E-state index in [9.17, 15) is 14.0 Å². The first-order valence-corrected chi connectivity index (χ1v) is 15.9. The van der Waals surface area contributed by atoms with Crippen molar-refractivity contribution in [3.05, 3.63) is 119 Å². The Bertz CT molecular complexity index is 1970. The lowest BCUT2D eigenvalue weighted by molar-refractivity contribution is -0.139.